The predicted octanol–water partition coefficient (Wildman–Crippen LogP) is 4.40. The van der Waals surface area contributed by atoms with Crippen molar-refractivity contribution in [3.63, 3.8) is 0 Å². The zero-order chi connectivity index (χ0) is 21.1. The van der Waals surface area contributed by atoms with Crippen molar-refractivity contribution in [1.82, 2.24) is 4.90 Å². The van der Waals surface area contributed by atoms with Gasteiger partial charge in [0.2, 0.25) is 0 Å². The van der Waals surface area contributed by atoms with Crippen molar-refractivity contribution in [3.05, 3.63) is 71.8 Å². The van der Waals surface area contributed by atoms with Crippen LogP contribution in [-0.2, 0) is 4.74 Å². The zero-order valence-corrected chi connectivity index (χ0v) is 17.9. The number of nitrogens with zero attached hydrogens (tertiary/aromatic N) is 2. The van der Waals surface area contributed by atoms with Crippen LogP contribution in [0.25, 0.3) is 0 Å². The van der Waals surface area contributed by atoms with Crippen LogP contribution < -0.4 is 0 Å². The summed E-state index contributed by atoms with van der Waals surface area (Å²) in [4.78, 5) is 14.8. The molecule has 1 aliphatic heterocycles. The molecule has 2 atom stereocenters. The lowest BCUT2D eigenvalue weighted by Gasteiger charge is -2.52. The van der Waals surface area contributed by atoms with E-state index in [9.17, 15) is 9.90 Å². The van der Waals surface area contributed by atoms with E-state index in [2.05, 4.69) is 53.4 Å². The summed E-state index contributed by atoms with van der Waals surface area (Å²) in [5, 5.41) is 10.2. The average Bonchev–Trinajstić information content (AvgIpc) is 2.70. The standard InChI is InChI=1S/C24H32N2O3/c1-24(2,3)26(23(27)28)16-15-25(21(17-26)18-29-4)22(19-11-7-5-8-12-19)20-13-9-6-10-14-20/h5-14,21-22H,15-18H2,1-4H3/p+1. The summed E-state index contributed by atoms with van der Waals surface area (Å²) < 4.78 is 5.62. The lowest BCUT2D eigenvalue weighted by Crippen LogP contribution is -2.73. The molecule has 156 valence electrons. The van der Waals surface area contributed by atoms with Gasteiger partial charge in [0.15, 0.2) is 0 Å². The van der Waals surface area contributed by atoms with E-state index in [4.69, 9.17) is 4.74 Å². The van der Waals surface area contributed by atoms with Gasteiger partial charge < -0.3 is 9.84 Å². The Kier molecular flexibility index (Phi) is 6.42. The lowest BCUT2D eigenvalue weighted by molar-refractivity contribution is -0.910. The summed E-state index contributed by atoms with van der Waals surface area (Å²) >= 11 is 0. The molecule has 5 heteroatoms. The normalized spacial score (nSPS) is 23.3. The van der Waals surface area contributed by atoms with Crippen molar-refractivity contribution in [1.29, 1.82) is 0 Å². The van der Waals surface area contributed by atoms with Gasteiger partial charge in [-0.1, -0.05) is 60.7 Å². The molecule has 1 saturated heterocycles. The number of carbonyl (C=O) groups is 1. The van der Waals surface area contributed by atoms with Crippen LogP contribution in [0.4, 0.5) is 4.79 Å². The molecule has 2 aromatic rings. The van der Waals surface area contributed by atoms with Crippen LogP contribution >= 0.6 is 0 Å². The van der Waals surface area contributed by atoms with E-state index in [0.29, 0.717) is 26.2 Å². The highest BCUT2D eigenvalue weighted by Gasteiger charge is 2.53. The van der Waals surface area contributed by atoms with Gasteiger partial charge >= 0.3 is 6.09 Å². The topological polar surface area (TPSA) is 49.8 Å². The van der Waals surface area contributed by atoms with Crippen LogP contribution in [0, 0.1) is 0 Å². The maximum absolute atomic E-state index is 12.4. The number of rotatable bonds is 5. The van der Waals surface area contributed by atoms with Crippen molar-refractivity contribution in [2.24, 2.45) is 0 Å². The summed E-state index contributed by atoms with van der Waals surface area (Å²) in [7, 11) is 1.69. The highest BCUT2D eigenvalue weighted by atomic mass is 16.5. The molecule has 29 heavy (non-hydrogen) atoms. The Morgan fingerprint density at radius 2 is 1.62 bits per heavy atom. The molecule has 0 radical (unpaired) electrons. The van der Waals surface area contributed by atoms with Gasteiger partial charge in [0.1, 0.15) is 18.6 Å². The Balaban J connectivity index is 2.03. The molecule has 0 aromatic heterocycles. The number of piperazine rings is 1. The molecule has 3 rings (SSSR count). The van der Waals surface area contributed by atoms with Gasteiger partial charge in [-0.2, -0.15) is 4.79 Å². The number of amides is 1. The highest BCUT2D eigenvalue weighted by molar-refractivity contribution is 5.57. The fraction of sp³-hybridized carbons (Fsp3) is 0.458. The second-order valence-corrected chi connectivity index (χ2v) is 8.90. The van der Waals surface area contributed by atoms with Crippen molar-refractivity contribution >= 4 is 6.09 Å². The zero-order valence-electron chi connectivity index (χ0n) is 17.9. The minimum atomic E-state index is -0.755. The molecule has 1 N–H and O–H groups in total. The van der Waals surface area contributed by atoms with Gasteiger partial charge in [-0.15, -0.1) is 0 Å². The number of benzene rings is 2. The van der Waals surface area contributed by atoms with Gasteiger partial charge in [0, 0.05) is 13.7 Å². The van der Waals surface area contributed by atoms with Gasteiger partial charge in [0.25, 0.3) is 0 Å². The van der Waals surface area contributed by atoms with E-state index >= 15 is 0 Å². The summed E-state index contributed by atoms with van der Waals surface area (Å²) in [6, 6.07) is 21.0. The third-order valence-corrected chi connectivity index (χ3v) is 6.30. The number of quaternary nitrogens is 1. The van der Waals surface area contributed by atoms with Gasteiger partial charge in [-0.3, -0.25) is 4.90 Å². The van der Waals surface area contributed by atoms with Crippen LogP contribution in [0.2, 0.25) is 0 Å². The molecular weight excluding hydrogens is 364 g/mol. The monoisotopic (exact) mass is 397 g/mol. The fourth-order valence-electron chi connectivity index (χ4n) is 4.62. The SMILES string of the molecule is COCC1C[N+](C(=O)O)(C(C)(C)C)CCN1C(c1ccccc1)c1ccccc1. The fourth-order valence-corrected chi connectivity index (χ4v) is 4.62. The van der Waals surface area contributed by atoms with E-state index in [1.165, 1.54) is 11.1 Å². The highest BCUT2D eigenvalue weighted by Crippen LogP contribution is 2.36. The van der Waals surface area contributed by atoms with Crippen molar-refractivity contribution in [2.45, 2.75) is 38.4 Å². The first-order chi connectivity index (χ1) is 13.8. The number of methoxy groups -OCH3 is 1. The Morgan fingerprint density at radius 1 is 1.10 bits per heavy atom. The van der Waals surface area contributed by atoms with Crippen LogP contribution in [-0.4, -0.2) is 65.5 Å². The maximum Gasteiger partial charge on any atom is 0.514 e. The Labute approximate surface area is 174 Å². The van der Waals surface area contributed by atoms with E-state index in [1.54, 1.807) is 7.11 Å². The number of ether oxygens (including phenoxy) is 1. The summed E-state index contributed by atoms with van der Waals surface area (Å²) in [6.45, 7) is 8.33. The number of hydrogen-bond donors (Lipinski definition) is 1. The molecule has 1 heterocycles. The number of carboxylic acid groups (broad SMARTS) is 1. The molecule has 0 bridgehead atoms. The van der Waals surface area contributed by atoms with E-state index in [0.717, 1.165) is 0 Å². The second kappa shape index (κ2) is 8.66. The molecule has 1 aliphatic rings. The maximum atomic E-state index is 12.4. The molecule has 0 aliphatic carbocycles. The van der Waals surface area contributed by atoms with Crippen LogP contribution in [0.1, 0.15) is 37.9 Å². The first kappa shape index (κ1) is 21.5. The second-order valence-electron chi connectivity index (χ2n) is 8.90. The first-order valence-corrected chi connectivity index (χ1v) is 10.3. The van der Waals surface area contributed by atoms with E-state index in [-0.39, 0.29) is 22.1 Å². The molecule has 1 amide bonds. The summed E-state index contributed by atoms with van der Waals surface area (Å²) in [5.41, 5.74) is 2.04. The minimum absolute atomic E-state index is 0.00510. The molecule has 0 saturated carbocycles. The van der Waals surface area contributed by atoms with Crippen molar-refractivity contribution in [3.8, 4) is 0 Å². The van der Waals surface area contributed by atoms with Crippen LogP contribution in [0.5, 0.6) is 0 Å². The molecule has 2 aromatic carbocycles. The van der Waals surface area contributed by atoms with Crippen molar-refractivity contribution < 1.29 is 19.1 Å². The quantitative estimate of drug-likeness (QED) is 0.760. The third kappa shape index (κ3) is 4.22. The van der Waals surface area contributed by atoms with E-state index < -0.39 is 6.09 Å². The molecular formula is C24H33N2O3+. The molecule has 5 nitrogen and oxygen atoms in total. The third-order valence-electron chi connectivity index (χ3n) is 6.30. The smallest absolute Gasteiger partial charge is 0.435 e. The van der Waals surface area contributed by atoms with Gasteiger partial charge in [0.05, 0.1) is 18.7 Å². The predicted molar refractivity (Wildman–Crippen MR) is 115 cm³/mol. The first-order valence-electron chi connectivity index (χ1n) is 10.3. The minimum Gasteiger partial charge on any atom is -0.435 e. The Bertz CT molecular complexity index is 764. The van der Waals surface area contributed by atoms with Gasteiger partial charge in [-0.25, -0.2) is 4.48 Å². The van der Waals surface area contributed by atoms with Gasteiger partial charge in [-0.05, 0) is 31.9 Å². The largest absolute Gasteiger partial charge is 0.514 e. The van der Waals surface area contributed by atoms with E-state index in [1.807, 2.05) is 32.9 Å². The number of hydrogen-bond acceptors (Lipinski definition) is 3. The van der Waals surface area contributed by atoms with Crippen molar-refractivity contribution in [2.75, 3.05) is 33.4 Å². The summed E-state index contributed by atoms with van der Waals surface area (Å²) in [5.74, 6) is 0. The van der Waals surface area contributed by atoms with Crippen LogP contribution in [0.15, 0.2) is 60.7 Å². The molecule has 1 fully saturated rings. The summed E-state index contributed by atoms with van der Waals surface area (Å²) in [6.07, 6.45) is -0.755. The molecule has 0 spiro atoms. The molecule has 2 unspecified atom stereocenters. The average molecular weight is 398 g/mol. The lowest BCUT2D eigenvalue weighted by atomic mass is 9.92. The Morgan fingerprint density at radius 3 is 2.03 bits per heavy atom. The Hall–Kier alpha value is -2.21. The van der Waals surface area contributed by atoms with Crippen LogP contribution in [0.3, 0.4) is 0 Å².